The van der Waals surface area contributed by atoms with Crippen LogP contribution >= 0.6 is 11.8 Å². The van der Waals surface area contributed by atoms with Gasteiger partial charge < -0.3 is 14.6 Å². The number of para-hydroxylation sites is 1. The standard InChI is InChI=1S/C26H24N4O3S/c31-24-20-11-4-5-13-22(20)28-23(29-24)17-30(16-18-8-7-15-33-18)26(32)21-12-6-14-27-25(21)34-19-9-2-1-3-10-19/h1-6,9-14,18H,7-8,15-17H2,(H,28,29,31). The number of pyridine rings is 1. The van der Waals surface area contributed by atoms with Crippen LogP contribution in [-0.2, 0) is 11.3 Å². The molecule has 1 amide bonds. The molecule has 172 valence electrons. The molecule has 1 fully saturated rings. The highest BCUT2D eigenvalue weighted by Crippen LogP contribution is 2.29. The zero-order valence-corrected chi connectivity index (χ0v) is 19.3. The van der Waals surface area contributed by atoms with E-state index in [1.807, 2.05) is 36.4 Å². The van der Waals surface area contributed by atoms with E-state index in [4.69, 9.17) is 4.74 Å². The van der Waals surface area contributed by atoms with Crippen molar-refractivity contribution in [3.8, 4) is 0 Å². The molecule has 1 N–H and O–H groups in total. The van der Waals surface area contributed by atoms with Gasteiger partial charge in [0.25, 0.3) is 11.5 Å². The minimum Gasteiger partial charge on any atom is -0.376 e. The highest BCUT2D eigenvalue weighted by Gasteiger charge is 2.26. The normalized spacial score (nSPS) is 15.5. The predicted molar refractivity (Wildman–Crippen MR) is 131 cm³/mol. The third-order valence-electron chi connectivity index (χ3n) is 5.70. The Morgan fingerprint density at radius 2 is 1.91 bits per heavy atom. The summed E-state index contributed by atoms with van der Waals surface area (Å²) in [6, 6.07) is 20.6. The number of H-pyrrole nitrogens is 1. The van der Waals surface area contributed by atoms with Crippen molar-refractivity contribution in [2.75, 3.05) is 13.2 Å². The van der Waals surface area contributed by atoms with Gasteiger partial charge in [0.1, 0.15) is 10.9 Å². The van der Waals surface area contributed by atoms with E-state index in [0.717, 1.165) is 17.7 Å². The minimum atomic E-state index is -0.216. The predicted octanol–water partition coefficient (Wildman–Crippen LogP) is 4.29. The Balaban J connectivity index is 1.47. The van der Waals surface area contributed by atoms with Crippen LogP contribution in [-0.4, -0.2) is 45.0 Å². The van der Waals surface area contributed by atoms with E-state index in [1.165, 1.54) is 11.8 Å². The maximum absolute atomic E-state index is 13.8. The van der Waals surface area contributed by atoms with Crippen LogP contribution in [0.15, 0.2) is 87.6 Å². The topological polar surface area (TPSA) is 88.2 Å². The van der Waals surface area contributed by atoms with Gasteiger partial charge >= 0.3 is 0 Å². The van der Waals surface area contributed by atoms with E-state index in [-0.39, 0.29) is 24.1 Å². The van der Waals surface area contributed by atoms with Crippen LogP contribution in [0.2, 0.25) is 0 Å². The van der Waals surface area contributed by atoms with Gasteiger partial charge in [-0.15, -0.1) is 0 Å². The molecule has 0 radical (unpaired) electrons. The van der Waals surface area contributed by atoms with Gasteiger partial charge in [-0.25, -0.2) is 9.97 Å². The number of amides is 1. The number of hydrogen-bond donors (Lipinski definition) is 1. The molecule has 0 saturated carbocycles. The van der Waals surface area contributed by atoms with Crippen molar-refractivity contribution in [1.82, 2.24) is 19.9 Å². The van der Waals surface area contributed by atoms with Gasteiger partial charge in [0.05, 0.1) is 29.1 Å². The first-order chi connectivity index (χ1) is 16.7. The van der Waals surface area contributed by atoms with E-state index < -0.39 is 0 Å². The lowest BCUT2D eigenvalue weighted by Gasteiger charge is -2.25. The van der Waals surface area contributed by atoms with Gasteiger partial charge in [0.2, 0.25) is 0 Å². The fourth-order valence-corrected chi connectivity index (χ4v) is 4.94. The molecule has 1 aliphatic heterocycles. The monoisotopic (exact) mass is 472 g/mol. The van der Waals surface area contributed by atoms with Crippen molar-refractivity contribution in [3.05, 3.63) is 94.7 Å². The van der Waals surface area contributed by atoms with E-state index in [1.54, 1.807) is 41.4 Å². The highest BCUT2D eigenvalue weighted by molar-refractivity contribution is 7.99. The Kier molecular flexibility index (Phi) is 6.69. The summed E-state index contributed by atoms with van der Waals surface area (Å²) in [7, 11) is 0. The number of nitrogens with one attached hydrogen (secondary N) is 1. The van der Waals surface area contributed by atoms with Crippen LogP contribution in [0.5, 0.6) is 0 Å². The number of fused-ring (bicyclic) bond motifs is 1. The van der Waals surface area contributed by atoms with Gasteiger partial charge in [-0.1, -0.05) is 42.1 Å². The van der Waals surface area contributed by atoms with Crippen LogP contribution in [0.3, 0.4) is 0 Å². The molecule has 34 heavy (non-hydrogen) atoms. The molecular weight excluding hydrogens is 448 g/mol. The van der Waals surface area contributed by atoms with Crippen LogP contribution in [0.4, 0.5) is 0 Å². The van der Waals surface area contributed by atoms with Crippen molar-refractivity contribution >= 4 is 28.6 Å². The molecule has 2 aromatic heterocycles. The van der Waals surface area contributed by atoms with Gasteiger partial charge in [-0.05, 0) is 49.2 Å². The van der Waals surface area contributed by atoms with Crippen molar-refractivity contribution in [2.45, 2.75) is 35.4 Å². The van der Waals surface area contributed by atoms with Crippen LogP contribution < -0.4 is 5.56 Å². The second-order valence-corrected chi connectivity index (χ2v) is 9.18. The number of aromatic amines is 1. The lowest BCUT2D eigenvalue weighted by Crippen LogP contribution is -2.38. The minimum absolute atomic E-state index is 0.0435. The van der Waals surface area contributed by atoms with Gasteiger partial charge in [-0.2, -0.15) is 0 Å². The fourth-order valence-electron chi connectivity index (χ4n) is 4.05. The zero-order valence-electron chi connectivity index (χ0n) is 18.5. The third kappa shape index (κ3) is 5.03. The van der Waals surface area contributed by atoms with Gasteiger partial charge in [0, 0.05) is 24.2 Å². The lowest BCUT2D eigenvalue weighted by molar-refractivity contribution is 0.0498. The summed E-state index contributed by atoms with van der Waals surface area (Å²) in [6.07, 6.45) is 3.51. The Morgan fingerprint density at radius 3 is 2.74 bits per heavy atom. The second kappa shape index (κ2) is 10.2. The lowest BCUT2D eigenvalue weighted by atomic mass is 10.2. The van der Waals surface area contributed by atoms with Crippen LogP contribution in [0, 0.1) is 0 Å². The molecule has 3 heterocycles. The largest absolute Gasteiger partial charge is 0.376 e. The average Bonchev–Trinajstić information content (AvgIpc) is 3.37. The summed E-state index contributed by atoms with van der Waals surface area (Å²) in [5.74, 6) is 0.272. The molecule has 1 aliphatic rings. The third-order valence-corrected chi connectivity index (χ3v) is 6.72. The molecule has 2 aromatic carbocycles. The Morgan fingerprint density at radius 1 is 1.09 bits per heavy atom. The van der Waals surface area contributed by atoms with E-state index in [0.29, 0.717) is 40.5 Å². The second-order valence-electron chi connectivity index (χ2n) is 8.12. The molecule has 0 spiro atoms. The summed E-state index contributed by atoms with van der Waals surface area (Å²) in [5.41, 5.74) is 0.900. The van der Waals surface area contributed by atoms with Crippen molar-refractivity contribution in [2.24, 2.45) is 0 Å². The number of aromatic nitrogens is 3. The molecule has 1 unspecified atom stereocenters. The molecule has 4 aromatic rings. The first kappa shape index (κ1) is 22.3. The molecule has 8 heteroatoms. The van der Waals surface area contributed by atoms with E-state index in [2.05, 4.69) is 15.0 Å². The number of hydrogen-bond acceptors (Lipinski definition) is 6. The summed E-state index contributed by atoms with van der Waals surface area (Å²) in [4.78, 5) is 41.0. The molecule has 7 nitrogen and oxygen atoms in total. The SMILES string of the molecule is O=C(c1cccnc1Sc1ccccc1)N(Cc1nc2ccccc2c(=O)[nH]1)CC1CCCO1. The Hall–Kier alpha value is -3.49. The number of benzene rings is 2. The first-order valence-corrected chi connectivity index (χ1v) is 12.1. The Bertz CT molecular complexity index is 1350. The number of ether oxygens (including phenoxy) is 1. The van der Waals surface area contributed by atoms with Crippen LogP contribution in [0.1, 0.15) is 29.0 Å². The maximum atomic E-state index is 13.8. The molecule has 1 atom stereocenters. The van der Waals surface area contributed by atoms with Crippen molar-refractivity contribution < 1.29 is 9.53 Å². The van der Waals surface area contributed by atoms with Gasteiger partial charge in [-0.3, -0.25) is 9.59 Å². The van der Waals surface area contributed by atoms with Crippen molar-refractivity contribution in [3.63, 3.8) is 0 Å². The summed E-state index contributed by atoms with van der Waals surface area (Å²) < 4.78 is 5.82. The number of carbonyl (C=O) groups excluding carboxylic acids is 1. The first-order valence-electron chi connectivity index (χ1n) is 11.2. The quantitative estimate of drug-likeness (QED) is 0.432. The molecule has 1 saturated heterocycles. The summed E-state index contributed by atoms with van der Waals surface area (Å²) in [6.45, 7) is 1.28. The highest BCUT2D eigenvalue weighted by atomic mass is 32.2. The number of rotatable bonds is 7. The molecule has 0 bridgehead atoms. The Labute approximate surface area is 201 Å². The fraction of sp³-hybridized carbons (Fsp3) is 0.231. The zero-order chi connectivity index (χ0) is 23.3. The maximum Gasteiger partial charge on any atom is 0.258 e. The van der Waals surface area contributed by atoms with E-state index in [9.17, 15) is 9.59 Å². The summed E-state index contributed by atoms with van der Waals surface area (Å²) >= 11 is 1.45. The number of carbonyl (C=O) groups is 1. The molecule has 5 rings (SSSR count). The average molecular weight is 473 g/mol. The summed E-state index contributed by atoms with van der Waals surface area (Å²) in [5, 5.41) is 1.16. The van der Waals surface area contributed by atoms with Crippen molar-refractivity contribution in [1.29, 1.82) is 0 Å². The molecule has 0 aliphatic carbocycles. The van der Waals surface area contributed by atoms with E-state index >= 15 is 0 Å². The smallest absolute Gasteiger partial charge is 0.258 e. The molecular formula is C26H24N4O3S. The van der Waals surface area contributed by atoms with Crippen LogP contribution in [0.25, 0.3) is 10.9 Å². The number of nitrogens with zero attached hydrogens (tertiary/aromatic N) is 3. The van der Waals surface area contributed by atoms with Gasteiger partial charge in [0.15, 0.2) is 0 Å².